The number of carbonyl (C=O) groups excluding carboxylic acids is 1. The molecule has 1 fully saturated rings. The fourth-order valence-electron chi connectivity index (χ4n) is 1.96. The summed E-state index contributed by atoms with van der Waals surface area (Å²) in [7, 11) is 0. The molecule has 1 aliphatic heterocycles. The number of likely N-dealkylation sites (tertiary alicyclic amines) is 1. The lowest BCUT2D eigenvalue weighted by Gasteiger charge is -2.30. The van der Waals surface area contributed by atoms with E-state index in [2.05, 4.69) is 24.3 Å². The quantitative estimate of drug-likeness (QED) is 0.714. The number of rotatable bonds is 2. The zero-order chi connectivity index (χ0) is 10.7. The number of amides is 1. The molecule has 1 aromatic rings. The third-order valence-electron chi connectivity index (χ3n) is 2.77. The molecule has 2 rings (SSSR count). The predicted molar refractivity (Wildman–Crippen MR) is 54.9 cm³/mol. The van der Waals surface area contributed by atoms with E-state index >= 15 is 0 Å². The maximum Gasteiger partial charge on any atom is 0.243 e. The van der Waals surface area contributed by atoms with Crippen LogP contribution in [0.1, 0.15) is 19.8 Å². The van der Waals surface area contributed by atoms with Crippen molar-refractivity contribution in [2.45, 2.75) is 26.3 Å². The number of hydrogen-bond donors (Lipinski definition) is 0. The minimum atomic E-state index is 0.157. The molecule has 0 aliphatic carbocycles. The first-order valence-corrected chi connectivity index (χ1v) is 5.34. The van der Waals surface area contributed by atoms with E-state index in [-0.39, 0.29) is 5.91 Å². The van der Waals surface area contributed by atoms with Crippen LogP contribution in [0, 0.1) is 18.3 Å². The van der Waals surface area contributed by atoms with Gasteiger partial charge in [-0.2, -0.15) is 4.98 Å². The molecule has 0 aromatic carbocycles. The van der Waals surface area contributed by atoms with Crippen molar-refractivity contribution in [1.82, 2.24) is 14.5 Å². The Morgan fingerprint density at radius 1 is 1.67 bits per heavy atom. The summed E-state index contributed by atoms with van der Waals surface area (Å²) < 4.78 is 1.64. The van der Waals surface area contributed by atoms with E-state index in [0.717, 1.165) is 19.5 Å². The lowest BCUT2D eigenvalue weighted by atomic mass is 10.0. The minimum Gasteiger partial charge on any atom is -0.341 e. The highest BCUT2D eigenvalue weighted by Crippen LogP contribution is 2.15. The highest BCUT2D eigenvalue weighted by atomic mass is 16.2. The van der Waals surface area contributed by atoms with Crippen molar-refractivity contribution >= 4 is 5.91 Å². The van der Waals surface area contributed by atoms with Gasteiger partial charge in [0.2, 0.25) is 5.91 Å². The van der Waals surface area contributed by atoms with Crippen LogP contribution in [0.3, 0.4) is 0 Å². The van der Waals surface area contributed by atoms with Crippen LogP contribution in [0.4, 0.5) is 0 Å². The van der Waals surface area contributed by atoms with Gasteiger partial charge in [0.15, 0.2) is 0 Å². The van der Waals surface area contributed by atoms with Gasteiger partial charge in [-0.1, -0.05) is 6.92 Å². The highest BCUT2D eigenvalue weighted by molar-refractivity contribution is 5.76. The SMILES string of the molecule is CC1CCCN(C(=O)Cn2c#cnc2)C1. The fourth-order valence-corrected chi connectivity index (χ4v) is 1.96. The van der Waals surface area contributed by atoms with E-state index in [4.69, 9.17) is 0 Å². The van der Waals surface area contributed by atoms with Crippen LogP contribution in [0.5, 0.6) is 0 Å². The molecule has 1 saturated heterocycles. The molecule has 1 unspecified atom stereocenters. The van der Waals surface area contributed by atoms with Crippen LogP contribution in [0.25, 0.3) is 0 Å². The lowest BCUT2D eigenvalue weighted by molar-refractivity contribution is -0.133. The molecule has 1 aliphatic rings. The topological polar surface area (TPSA) is 38.1 Å². The van der Waals surface area contributed by atoms with Crippen LogP contribution in [-0.4, -0.2) is 33.4 Å². The Hall–Kier alpha value is -1.50. The smallest absolute Gasteiger partial charge is 0.243 e. The first-order valence-electron chi connectivity index (χ1n) is 5.34. The molecule has 1 atom stereocenters. The van der Waals surface area contributed by atoms with Gasteiger partial charge in [-0.15, -0.1) is 0 Å². The Labute approximate surface area is 89.9 Å². The van der Waals surface area contributed by atoms with Crippen molar-refractivity contribution in [1.29, 1.82) is 0 Å². The highest BCUT2D eigenvalue weighted by Gasteiger charge is 2.20. The maximum absolute atomic E-state index is 11.9. The monoisotopic (exact) mass is 205 g/mol. The van der Waals surface area contributed by atoms with Gasteiger partial charge in [-0.3, -0.25) is 9.36 Å². The van der Waals surface area contributed by atoms with E-state index in [1.807, 2.05) is 4.90 Å². The molecule has 4 heteroatoms. The summed E-state index contributed by atoms with van der Waals surface area (Å²) in [6, 6.07) is 0. The first-order chi connectivity index (χ1) is 7.25. The molecule has 4 nitrogen and oxygen atoms in total. The molecule has 0 saturated carbocycles. The van der Waals surface area contributed by atoms with Crippen LogP contribution in [0.15, 0.2) is 6.33 Å². The third-order valence-corrected chi connectivity index (χ3v) is 2.77. The average molecular weight is 205 g/mol. The Morgan fingerprint density at radius 3 is 3.20 bits per heavy atom. The second kappa shape index (κ2) is 4.35. The molecule has 0 N–H and O–H groups in total. The lowest BCUT2D eigenvalue weighted by Crippen LogP contribution is -2.40. The molecule has 80 valence electrons. The van der Waals surface area contributed by atoms with Crippen molar-refractivity contribution in [2.75, 3.05) is 13.1 Å². The maximum atomic E-state index is 11.9. The summed E-state index contributed by atoms with van der Waals surface area (Å²) in [5, 5.41) is 0. The average Bonchev–Trinajstić information content (AvgIpc) is 2.70. The second-order valence-corrected chi connectivity index (χ2v) is 4.18. The largest absolute Gasteiger partial charge is 0.341 e. The molecule has 2 heterocycles. The Bertz CT molecular complexity index is 321. The summed E-state index contributed by atoms with van der Waals surface area (Å²) in [6.07, 6.45) is 9.24. The number of nitrogens with zero attached hydrogens (tertiary/aromatic N) is 3. The van der Waals surface area contributed by atoms with Gasteiger partial charge in [0.25, 0.3) is 0 Å². The Kier molecular flexibility index (Phi) is 2.91. The first kappa shape index (κ1) is 10.0. The molecular formula is C11H15N3O. The van der Waals surface area contributed by atoms with Gasteiger partial charge in [0, 0.05) is 19.3 Å². The van der Waals surface area contributed by atoms with Gasteiger partial charge in [-0.25, -0.2) is 0 Å². The van der Waals surface area contributed by atoms with E-state index in [1.165, 1.54) is 6.42 Å². The van der Waals surface area contributed by atoms with Crippen LogP contribution >= 0.6 is 0 Å². The van der Waals surface area contributed by atoms with Crippen LogP contribution < -0.4 is 0 Å². The zero-order valence-corrected chi connectivity index (χ0v) is 8.94. The molecular weight excluding hydrogens is 190 g/mol. The van der Waals surface area contributed by atoms with Gasteiger partial charge in [0.1, 0.15) is 12.9 Å². The van der Waals surface area contributed by atoms with E-state index in [1.54, 1.807) is 10.9 Å². The molecule has 1 amide bonds. The van der Waals surface area contributed by atoms with Crippen molar-refractivity contribution in [3.63, 3.8) is 0 Å². The van der Waals surface area contributed by atoms with E-state index in [9.17, 15) is 4.79 Å². The van der Waals surface area contributed by atoms with Crippen LogP contribution in [0.2, 0.25) is 0 Å². The summed E-state index contributed by atoms with van der Waals surface area (Å²) in [6.45, 7) is 4.30. The summed E-state index contributed by atoms with van der Waals surface area (Å²) in [5.74, 6) is 0.783. The van der Waals surface area contributed by atoms with Crippen molar-refractivity contribution < 1.29 is 4.79 Å². The molecule has 0 bridgehead atoms. The fraction of sp³-hybridized carbons (Fsp3) is 0.636. The predicted octanol–water partition coefficient (Wildman–Crippen LogP) is 0.742. The van der Waals surface area contributed by atoms with E-state index < -0.39 is 0 Å². The number of aromatic nitrogens is 2. The third kappa shape index (κ3) is 2.50. The number of carbonyl (C=O) groups is 1. The van der Waals surface area contributed by atoms with E-state index in [0.29, 0.717) is 12.5 Å². The van der Waals surface area contributed by atoms with Gasteiger partial charge in [-0.05, 0) is 18.8 Å². The standard InChI is InChI=1S/C11H15N3O/c1-10-3-2-5-14(7-10)11(15)8-13-6-4-12-9-13/h9-10H,2-3,5,7-8H2,1H3. The molecule has 15 heavy (non-hydrogen) atoms. The van der Waals surface area contributed by atoms with Gasteiger partial charge in [0.05, 0.1) is 6.20 Å². The Morgan fingerprint density at radius 2 is 2.53 bits per heavy atom. The summed E-state index contributed by atoms with van der Waals surface area (Å²) in [5.41, 5.74) is 0. The molecule has 1 aromatic heterocycles. The minimum absolute atomic E-state index is 0.157. The van der Waals surface area contributed by atoms with Crippen molar-refractivity contribution in [3.05, 3.63) is 18.7 Å². The van der Waals surface area contributed by atoms with Crippen molar-refractivity contribution in [3.8, 4) is 0 Å². The zero-order valence-electron chi connectivity index (χ0n) is 8.94. The molecule has 0 radical (unpaired) electrons. The summed E-state index contributed by atoms with van der Waals surface area (Å²) in [4.78, 5) is 17.5. The molecule has 0 spiro atoms. The number of hydrogen-bond acceptors (Lipinski definition) is 2. The second-order valence-electron chi connectivity index (χ2n) is 4.18. The number of piperidine rings is 1. The van der Waals surface area contributed by atoms with Gasteiger partial charge < -0.3 is 4.90 Å². The van der Waals surface area contributed by atoms with Gasteiger partial charge >= 0.3 is 0 Å². The van der Waals surface area contributed by atoms with Crippen molar-refractivity contribution in [2.24, 2.45) is 5.92 Å². The Balaban J connectivity index is 1.90. The summed E-state index contributed by atoms with van der Waals surface area (Å²) >= 11 is 0. The van der Waals surface area contributed by atoms with Crippen LogP contribution in [-0.2, 0) is 11.3 Å². The normalized spacial score (nSPS) is 21.1.